The van der Waals surface area contributed by atoms with Gasteiger partial charge in [0.2, 0.25) is 0 Å². The number of methoxy groups -OCH3 is 1. The zero-order valence-corrected chi connectivity index (χ0v) is 11.0. The number of rotatable bonds is 2. The standard InChI is InChI=1S/C12H8F3N3O4/c1-20-9-4-18(17-11(16)10(9)19)6-3-8-7(2-5(6)13)21-12(14,15)22-8/h2-4H,1H3,(H2,16,17). The first kappa shape index (κ1) is 14.0. The minimum absolute atomic E-state index is 0.185. The van der Waals surface area contributed by atoms with Crippen LogP contribution in [0.15, 0.2) is 23.1 Å². The van der Waals surface area contributed by atoms with E-state index in [0.717, 1.165) is 16.9 Å². The summed E-state index contributed by atoms with van der Waals surface area (Å²) in [5.74, 6) is -2.39. The largest absolute Gasteiger partial charge is 0.586 e. The molecule has 0 saturated heterocycles. The van der Waals surface area contributed by atoms with Crippen molar-refractivity contribution in [2.75, 3.05) is 12.8 Å². The Labute approximate surface area is 120 Å². The molecular weight excluding hydrogens is 307 g/mol. The summed E-state index contributed by atoms with van der Waals surface area (Å²) in [7, 11) is 1.22. The molecular formula is C12H8F3N3O4. The lowest BCUT2D eigenvalue weighted by Gasteiger charge is -2.10. The fraction of sp³-hybridized carbons (Fsp3) is 0.167. The molecule has 1 aromatic carbocycles. The van der Waals surface area contributed by atoms with Crippen LogP contribution < -0.4 is 25.4 Å². The van der Waals surface area contributed by atoms with Crippen LogP contribution in [-0.4, -0.2) is 23.2 Å². The highest BCUT2D eigenvalue weighted by Crippen LogP contribution is 2.42. The Morgan fingerprint density at radius 2 is 1.95 bits per heavy atom. The number of nitrogens with two attached hydrogens (primary N) is 1. The van der Waals surface area contributed by atoms with Crippen molar-refractivity contribution < 1.29 is 27.4 Å². The molecule has 0 saturated carbocycles. The number of fused-ring (bicyclic) bond motifs is 1. The van der Waals surface area contributed by atoms with Crippen LogP contribution in [0.5, 0.6) is 17.2 Å². The quantitative estimate of drug-likeness (QED) is 0.898. The molecule has 0 aliphatic carbocycles. The molecule has 1 aliphatic rings. The summed E-state index contributed by atoms with van der Waals surface area (Å²) in [5, 5.41) is 3.65. The summed E-state index contributed by atoms with van der Waals surface area (Å²) < 4.78 is 54.0. The summed E-state index contributed by atoms with van der Waals surface area (Å²) in [5.41, 5.74) is 4.47. The van der Waals surface area contributed by atoms with E-state index >= 15 is 0 Å². The molecule has 0 unspecified atom stereocenters. The van der Waals surface area contributed by atoms with Gasteiger partial charge in [-0.3, -0.25) is 4.79 Å². The lowest BCUT2D eigenvalue weighted by Crippen LogP contribution is -2.25. The van der Waals surface area contributed by atoms with E-state index in [2.05, 4.69) is 14.6 Å². The second-order valence-electron chi connectivity index (χ2n) is 4.27. The van der Waals surface area contributed by atoms with Crippen LogP contribution in [0.1, 0.15) is 0 Å². The van der Waals surface area contributed by atoms with Gasteiger partial charge in [0, 0.05) is 12.1 Å². The van der Waals surface area contributed by atoms with Crippen LogP contribution in [0, 0.1) is 5.82 Å². The van der Waals surface area contributed by atoms with Gasteiger partial charge in [-0.1, -0.05) is 0 Å². The van der Waals surface area contributed by atoms with Gasteiger partial charge in [0.25, 0.3) is 5.43 Å². The molecule has 22 heavy (non-hydrogen) atoms. The second kappa shape index (κ2) is 4.55. The molecule has 0 spiro atoms. The molecule has 0 fully saturated rings. The van der Waals surface area contributed by atoms with Crippen LogP contribution in [0.4, 0.5) is 19.0 Å². The highest BCUT2D eigenvalue weighted by molar-refractivity contribution is 5.52. The first-order valence-electron chi connectivity index (χ1n) is 5.84. The number of halogens is 3. The van der Waals surface area contributed by atoms with E-state index in [1.807, 2.05) is 0 Å². The third kappa shape index (κ3) is 2.18. The van der Waals surface area contributed by atoms with Crippen molar-refractivity contribution in [2.45, 2.75) is 6.29 Å². The number of hydrogen-bond donors (Lipinski definition) is 1. The van der Waals surface area contributed by atoms with E-state index < -0.39 is 29.1 Å². The zero-order chi connectivity index (χ0) is 16.1. The van der Waals surface area contributed by atoms with Crippen molar-refractivity contribution >= 4 is 5.82 Å². The number of anilines is 1. The fourth-order valence-corrected chi connectivity index (χ4v) is 1.89. The molecule has 0 radical (unpaired) electrons. The number of ether oxygens (including phenoxy) is 3. The van der Waals surface area contributed by atoms with E-state index in [0.29, 0.717) is 6.07 Å². The van der Waals surface area contributed by atoms with E-state index in [1.165, 1.54) is 7.11 Å². The highest BCUT2D eigenvalue weighted by atomic mass is 19.3. The van der Waals surface area contributed by atoms with E-state index in [1.54, 1.807) is 0 Å². The fourth-order valence-electron chi connectivity index (χ4n) is 1.89. The van der Waals surface area contributed by atoms with E-state index in [4.69, 9.17) is 10.5 Å². The average Bonchev–Trinajstić information content (AvgIpc) is 2.73. The maximum Gasteiger partial charge on any atom is 0.586 e. The van der Waals surface area contributed by atoms with Gasteiger partial charge < -0.3 is 19.9 Å². The molecule has 1 aliphatic heterocycles. The molecule has 3 rings (SSSR count). The number of hydrogen-bond acceptors (Lipinski definition) is 6. The van der Waals surface area contributed by atoms with Gasteiger partial charge >= 0.3 is 6.29 Å². The number of benzene rings is 1. The number of nitrogen functional groups attached to an aromatic ring is 1. The highest BCUT2D eigenvalue weighted by Gasteiger charge is 2.44. The summed E-state index contributed by atoms with van der Waals surface area (Å²) in [6.45, 7) is 0. The first-order valence-corrected chi connectivity index (χ1v) is 5.84. The number of aromatic nitrogens is 2. The van der Waals surface area contributed by atoms with Gasteiger partial charge in [0.05, 0.1) is 13.3 Å². The first-order chi connectivity index (χ1) is 10.3. The van der Waals surface area contributed by atoms with Gasteiger partial charge in [-0.25, -0.2) is 9.07 Å². The van der Waals surface area contributed by atoms with Gasteiger partial charge in [-0.05, 0) is 0 Å². The van der Waals surface area contributed by atoms with Gasteiger partial charge in [0.1, 0.15) is 5.69 Å². The minimum atomic E-state index is -3.87. The number of nitrogens with zero attached hydrogens (tertiary/aromatic N) is 2. The summed E-state index contributed by atoms with van der Waals surface area (Å²) >= 11 is 0. The predicted octanol–water partition coefficient (Wildman–Crippen LogP) is 1.28. The third-order valence-corrected chi connectivity index (χ3v) is 2.85. The van der Waals surface area contributed by atoms with Crippen molar-refractivity contribution in [3.63, 3.8) is 0 Å². The molecule has 2 heterocycles. The lowest BCUT2D eigenvalue weighted by atomic mass is 10.2. The molecule has 0 bridgehead atoms. The van der Waals surface area contributed by atoms with E-state index in [-0.39, 0.29) is 17.2 Å². The Bertz CT molecular complexity index is 822. The van der Waals surface area contributed by atoms with Crippen molar-refractivity contribution in [1.29, 1.82) is 0 Å². The maximum atomic E-state index is 14.0. The van der Waals surface area contributed by atoms with Crippen molar-refractivity contribution in [1.82, 2.24) is 9.78 Å². The summed E-state index contributed by atoms with van der Waals surface area (Å²) in [6.07, 6.45) is -2.81. The average molecular weight is 315 g/mol. The topological polar surface area (TPSA) is 88.6 Å². The normalized spacial score (nSPS) is 14.9. The van der Waals surface area contributed by atoms with Crippen LogP contribution in [0.3, 0.4) is 0 Å². The van der Waals surface area contributed by atoms with E-state index in [9.17, 15) is 18.0 Å². The Kier molecular flexibility index (Phi) is 2.90. The van der Waals surface area contributed by atoms with Crippen LogP contribution in [0.2, 0.25) is 0 Å². The molecule has 7 nitrogen and oxygen atoms in total. The molecule has 2 N–H and O–H groups in total. The molecule has 10 heteroatoms. The SMILES string of the molecule is COc1cn(-c2cc3c(cc2F)OC(F)(F)O3)nc(N)c1=O. The molecule has 116 valence electrons. The second-order valence-corrected chi connectivity index (χ2v) is 4.27. The maximum absolute atomic E-state index is 14.0. The minimum Gasteiger partial charge on any atom is -0.491 e. The Morgan fingerprint density at radius 1 is 1.32 bits per heavy atom. The molecule has 1 aromatic heterocycles. The van der Waals surface area contributed by atoms with Crippen molar-refractivity contribution in [3.05, 3.63) is 34.4 Å². The van der Waals surface area contributed by atoms with Gasteiger partial charge in [-0.2, -0.15) is 0 Å². The summed E-state index contributed by atoms with van der Waals surface area (Å²) in [6, 6.07) is 1.66. The lowest BCUT2D eigenvalue weighted by molar-refractivity contribution is -0.286. The third-order valence-electron chi connectivity index (χ3n) is 2.85. The Morgan fingerprint density at radius 3 is 2.59 bits per heavy atom. The van der Waals surface area contributed by atoms with Crippen molar-refractivity contribution in [2.24, 2.45) is 0 Å². The summed E-state index contributed by atoms with van der Waals surface area (Å²) in [4.78, 5) is 11.6. The van der Waals surface area contributed by atoms with Gasteiger partial charge in [0.15, 0.2) is 28.9 Å². The van der Waals surface area contributed by atoms with Crippen LogP contribution >= 0.6 is 0 Å². The Hall–Kier alpha value is -2.91. The Balaban J connectivity index is 2.15. The molecule has 2 aromatic rings. The number of alkyl halides is 2. The predicted molar refractivity (Wildman–Crippen MR) is 67.0 cm³/mol. The molecule has 0 amide bonds. The zero-order valence-electron chi connectivity index (χ0n) is 11.0. The van der Waals surface area contributed by atoms with Crippen LogP contribution in [0.25, 0.3) is 5.69 Å². The monoisotopic (exact) mass is 315 g/mol. The van der Waals surface area contributed by atoms with Crippen LogP contribution in [-0.2, 0) is 0 Å². The van der Waals surface area contributed by atoms with Crippen molar-refractivity contribution in [3.8, 4) is 22.9 Å². The molecule has 0 atom stereocenters. The van der Waals surface area contributed by atoms with Gasteiger partial charge in [-0.15, -0.1) is 13.9 Å². The smallest absolute Gasteiger partial charge is 0.491 e.